The van der Waals surface area contributed by atoms with Gasteiger partial charge >= 0.3 is 5.97 Å². The Kier molecular flexibility index (Phi) is 2.58. The Morgan fingerprint density at radius 2 is 1.65 bits per heavy atom. The zero-order chi connectivity index (χ0) is 14.5. The second-order valence-corrected chi connectivity index (χ2v) is 6.41. The fourth-order valence-electron chi connectivity index (χ4n) is 2.08. The minimum atomic E-state index is -3.77. The predicted molar refractivity (Wildman–Crippen MR) is 70.1 cm³/mol. The lowest BCUT2D eigenvalue weighted by Crippen LogP contribution is -2.12. The highest BCUT2D eigenvalue weighted by Gasteiger charge is 2.32. The minimum absolute atomic E-state index is 0.0625. The van der Waals surface area contributed by atoms with Crippen LogP contribution in [0.4, 0.5) is 0 Å². The standard InChI is InChI=1S/C14H10O5S/c1-8-2-4-10-12(6-8)20(17,18)13-7-9(14(15)16)3-5-11(13)19-10/h2-7H,1H3,(H,15,16). The van der Waals surface area contributed by atoms with Crippen molar-refractivity contribution in [1.29, 1.82) is 0 Å². The van der Waals surface area contributed by atoms with Gasteiger partial charge in [-0.2, -0.15) is 0 Å². The highest BCUT2D eigenvalue weighted by atomic mass is 32.2. The van der Waals surface area contributed by atoms with Crippen molar-refractivity contribution in [3.05, 3.63) is 47.5 Å². The van der Waals surface area contributed by atoms with Crippen molar-refractivity contribution in [3.63, 3.8) is 0 Å². The fourth-order valence-corrected chi connectivity index (χ4v) is 3.69. The Balaban J connectivity index is 2.29. The summed E-state index contributed by atoms with van der Waals surface area (Å²) in [6, 6.07) is 8.66. The number of carboxylic acids is 1. The van der Waals surface area contributed by atoms with Gasteiger partial charge in [0, 0.05) is 0 Å². The van der Waals surface area contributed by atoms with Crippen molar-refractivity contribution < 1.29 is 23.1 Å². The summed E-state index contributed by atoms with van der Waals surface area (Å²) >= 11 is 0. The monoisotopic (exact) mass is 290 g/mol. The van der Waals surface area contributed by atoms with E-state index < -0.39 is 15.8 Å². The Bertz CT molecular complexity index is 837. The molecule has 0 amide bonds. The first-order valence-electron chi connectivity index (χ1n) is 5.80. The average Bonchev–Trinajstić information content (AvgIpc) is 2.39. The number of hydrogen-bond acceptors (Lipinski definition) is 4. The van der Waals surface area contributed by atoms with Gasteiger partial charge < -0.3 is 9.84 Å². The maximum atomic E-state index is 12.5. The van der Waals surface area contributed by atoms with Crippen LogP contribution in [0.5, 0.6) is 11.5 Å². The van der Waals surface area contributed by atoms with Crippen LogP contribution < -0.4 is 4.74 Å². The molecule has 0 radical (unpaired) electrons. The second kappa shape index (κ2) is 4.08. The SMILES string of the molecule is Cc1ccc2c(c1)S(=O)(=O)c1cc(C(=O)O)ccc1O2. The van der Waals surface area contributed by atoms with Crippen LogP contribution in [0.2, 0.25) is 0 Å². The molecular formula is C14H10O5S. The molecule has 1 aliphatic rings. The molecule has 0 unspecified atom stereocenters. The van der Waals surface area contributed by atoms with Gasteiger partial charge in [0.15, 0.2) is 0 Å². The van der Waals surface area contributed by atoms with Crippen LogP contribution in [0.15, 0.2) is 46.2 Å². The van der Waals surface area contributed by atoms with Crippen molar-refractivity contribution in [2.45, 2.75) is 16.7 Å². The Morgan fingerprint density at radius 1 is 1.05 bits per heavy atom. The van der Waals surface area contributed by atoms with Gasteiger partial charge in [0.2, 0.25) is 9.84 Å². The molecule has 2 aromatic carbocycles. The predicted octanol–water partition coefficient (Wildman–Crippen LogP) is 2.63. The lowest BCUT2D eigenvalue weighted by molar-refractivity contribution is 0.0696. The molecular weight excluding hydrogens is 280 g/mol. The largest absolute Gasteiger partial charge is 0.478 e. The first kappa shape index (κ1) is 12.7. The van der Waals surface area contributed by atoms with Crippen molar-refractivity contribution in [2.75, 3.05) is 0 Å². The number of rotatable bonds is 1. The van der Waals surface area contributed by atoms with Crippen LogP contribution in [0.25, 0.3) is 0 Å². The van der Waals surface area contributed by atoms with Gasteiger partial charge in [-0.25, -0.2) is 13.2 Å². The number of aryl methyl sites for hydroxylation is 1. The van der Waals surface area contributed by atoms with Gasteiger partial charge in [0.05, 0.1) is 5.56 Å². The third kappa shape index (κ3) is 1.77. The molecule has 3 rings (SSSR count). The molecule has 1 heterocycles. The third-order valence-electron chi connectivity index (χ3n) is 3.09. The van der Waals surface area contributed by atoms with E-state index in [1.54, 1.807) is 19.1 Å². The zero-order valence-corrected chi connectivity index (χ0v) is 11.3. The van der Waals surface area contributed by atoms with E-state index in [0.717, 1.165) is 11.6 Å². The third-order valence-corrected chi connectivity index (χ3v) is 4.88. The van der Waals surface area contributed by atoms with E-state index in [0.29, 0.717) is 0 Å². The van der Waals surface area contributed by atoms with Crippen molar-refractivity contribution >= 4 is 15.8 Å². The molecule has 1 aliphatic heterocycles. The van der Waals surface area contributed by atoms with Crippen molar-refractivity contribution in [1.82, 2.24) is 0 Å². The number of sulfone groups is 1. The molecule has 1 N–H and O–H groups in total. The van der Waals surface area contributed by atoms with E-state index in [2.05, 4.69) is 0 Å². The molecule has 102 valence electrons. The molecule has 0 saturated carbocycles. The smallest absolute Gasteiger partial charge is 0.335 e. The molecule has 6 heteroatoms. The fraction of sp³-hybridized carbons (Fsp3) is 0.0714. The highest BCUT2D eigenvalue weighted by Crippen LogP contribution is 2.43. The first-order chi connectivity index (χ1) is 9.39. The van der Waals surface area contributed by atoms with Gasteiger partial charge in [-0.1, -0.05) is 6.07 Å². The molecule has 0 bridgehead atoms. The molecule has 0 fully saturated rings. The summed E-state index contributed by atoms with van der Waals surface area (Å²) in [6.45, 7) is 1.78. The summed E-state index contributed by atoms with van der Waals surface area (Å²) in [6.07, 6.45) is 0. The van der Waals surface area contributed by atoms with Crippen molar-refractivity contribution in [3.8, 4) is 11.5 Å². The highest BCUT2D eigenvalue weighted by molar-refractivity contribution is 7.91. The van der Waals surface area contributed by atoms with Gasteiger partial charge in [-0.15, -0.1) is 0 Å². The topological polar surface area (TPSA) is 80.7 Å². The van der Waals surface area contributed by atoms with E-state index in [1.807, 2.05) is 0 Å². The Labute approximate surface area is 115 Å². The van der Waals surface area contributed by atoms with Crippen LogP contribution in [-0.2, 0) is 9.84 Å². The maximum absolute atomic E-state index is 12.5. The van der Waals surface area contributed by atoms with Crippen LogP contribution in [0.3, 0.4) is 0 Å². The summed E-state index contributed by atoms with van der Waals surface area (Å²) in [7, 11) is -3.77. The zero-order valence-electron chi connectivity index (χ0n) is 10.5. The second-order valence-electron chi connectivity index (χ2n) is 4.52. The Hall–Kier alpha value is -2.34. The van der Waals surface area contributed by atoms with Gasteiger partial charge in [-0.3, -0.25) is 0 Å². The summed E-state index contributed by atoms with van der Waals surface area (Å²) in [4.78, 5) is 10.9. The number of benzene rings is 2. The summed E-state index contributed by atoms with van der Waals surface area (Å²) in [5, 5.41) is 8.96. The van der Waals surface area contributed by atoms with Gasteiger partial charge in [-0.05, 0) is 42.8 Å². The summed E-state index contributed by atoms with van der Waals surface area (Å²) in [5.41, 5.74) is 0.695. The van der Waals surface area contributed by atoms with E-state index in [4.69, 9.17) is 9.84 Å². The number of aromatic carboxylic acids is 1. The molecule has 0 saturated heterocycles. The van der Waals surface area contributed by atoms with E-state index in [-0.39, 0.29) is 26.9 Å². The van der Waals surface area contributed by atoms with Gasteiger partial charge in [0.1, 0.15) is 21.3 Å². The van der Waals surface area contributed by atoms with Crippen LogP contribution in [-0.4, -0.2) is 19.5 Å². The lowest BCUT2D eigenvalue weighted by Gasteiger charge is -2.20. The average molecular weight is 290 g/mol. The molecule has 0 spiro atoms. The summed E-state index contributed by atoms with van der Waals surface area (Å²) in [5.74, 6) is -0.782. The molecule has 0 aromatic heterocycles. The van der Waals surface area contributed by atoms with E-state index >= 15 is 0 Å². The number of carbonyl (C=O) groups is 1. The minimum Gasteiger partial charge on any atom is -0.478 e. The van der Waals surface area contributed by atoms with Gasteiger partial charge in [0.25, 0.3) is 0 Å². The quantitative estimate of drug-likeness (QED) is 0.745. The number of ether oxygens (including phenoxy) is 1. The number of hydrogen-bond donors (Lipinski definition) is 1. The Morgan fingerprint density at radius 3 is 2.30 bits per heavy atom. The number of fused-ring (bicyclic) bond motifs is 2. The molecule has 0 atom stereocenters. The van der Waals surface area contributed by atoms with Crippen LogP contribution >= 0.6 is 0 Å². The lowest BCUT2D eigenvalue weighted by atomic mass is 10.2. The number of carboxylic acid groups (broad SMARTS) is 1. The molecule has 0 aliphatic carbocycles. The van der Waals surface area contributed by atoms with E-state index in [1.165, 1.54) is 18.2 Å². The van der Waals surface area contributed by atoms with Crippen LogP contribution in [0.1, 0.15) is 15.9 Å². The van der Waals surface area contributed by atoms with Crippen molar-refractivity contribution in [2.24, 2.45) is 0 Å². The maximum Gasteiger partial charge on any atom is 0.335 e. The first-order valence-corrected chi connectivity index (χ1v) is 7.29. The van der Waals surface area contributed by atoms with E-state index in [9.17, 15) is 13.2 Å². The molecule has 20 heavy (non-hydrogen) atoms. The normalized spacial score (nSPS) is 14.8. The molecule has 5 nitrogen and oxygen atoms in total. The van der Waals surface area contributed by atoms with Crippen LogP contribution in [0, 0.1) is 6.92 Å². The summed E-state index contributed by atoms with van der Waals surface area (Å²) < 4.78 is 30.6. The molecule has 2 aromatic rings.